The zero-order chi connectivity index (χ0) is 25.9. The van der Waals surface area contributed by atoms with Gasteiger partial charge in [0.15, 0.2) is 0 Å². The summed E-state index contributed by atoms with van der Waals surface area (Å²) in [6.07, 6.45) is 9.38. The third-order valence-electron chi connectivity index (χ3n) is 6.91. The maximum absolute atomic E-state index is 13.0. The molecule has 8 nitrogen and oxygen atoms in total. The number of pyridine rings is 1. The highest BCUT2D eigenvalue weighted by atomic mass is 16.5. The van der Waals surface area contributed by atoms with E-state index in [-0.39, 0.29) is 12.0 Å². The molecular formula is C30H30N6O2. The van der Waals surface area contributed by atoms with Gasteiger partial charge in [0.05, 0.1) is 24.0 Å². The van der Waals surface area contributed by atoms with Crippen molar-refractivity contribution < 1.29 is 9.53 Å². The molecule has 0 bridgehead atoms. The number of likely N-dealkylation sites (tertiary alicyclic amines) is 1. The number of rotatable bonds is 7. The van der Waals surface area contributed by atoms with E-state index in [1.165, 1.54) is 0 Å². The molecule has 192 valence electrons. The van der Waals surface area contributed by atoms with E-state index in [9.17, 15) is 4.79 Å². The van der Waals surface area contributed by atoms with Crippen molar-refractivity contribution >= 4 is 22.6 Å². The lowest BCUT2D eigenvalue weighted by Gasteiger charge is -2.30. The molecule has 1 aliphatic heterocycles. The van der Waals surface area contributed by atoms with Gasteiger partial charge in [0, 0.05) is 36.1 Å². The monoisotopic (exact) mass is 506 g/mol. The van der Waals surface area contributed by atoms with Crippen molar-refractivity contribution in [3.8, 4) is 16.9 Å². The second-order valence-corrected chi connectivity index (χ2v) is 9.86. The van der Waals surface area contributed by atoms with Gasteiger partial charge in [0.2, 0.25) is 0 Å². The second kappa shape index (κ2) is 10.5. The Hall–Kier alpha value is -4.43. The number of amides is 1. The van der Waals surface area contributed by atoms with Gasteiger partial charge in [0.1, 0.15) is 17.5 Å². The van der Waals surface area contributed by atoms with E-state index in [0.717, 1.165) is 53.8 Å². The van der Waals surface area contributed by atoms with E-state index in [1.807, 2.05) is 54.7 Å². The molecule has 1 fully saturated rings. The first kappa shape index (κ1) is 23.9. The molecule has 0 spiro atoms. The molecule has 0 aliphatic carbocycles. The van der Waals surface area contributed by atoms with Crippen molar-refractivity contribution in [3.63, 3.8) is 0 Å². The summed E-state index contributed by atoms with van der Waals surface area (Å²) in [4.78, 5) is 23.1. The summed E-state index contributed by atoms with van der Waals surface area (Å²) in [6, 6.07) is 20.2. The summed E-state index contributed by atoms with van der Waals surface area (Å²) >= 11 is 0. The fraction of sp³-hybridized carbons (Fsp3) is 0.233. The fourth-order valence-corrected chi connectivity index (χ4v) is 4.95. The third kappa shape index (κ3) is 5.31. The second-order valence-electron chi connectivity index (χ2n) is 9.86. The Kier molecular flexibility index (Phi) is 6.62. The highest BCUT2D eigenvalue weighted by Crippen LogP contribution is 2.30. The number of carbonyl (C=O) groups is 1. The van der Waals surface area contributed by atoms with E-state index >= 15 is 0 Å². The Morgan fingerprint density at radius 2 is 2.00 bits per heavy atom. The van der Waals surface area contributed by atoms with Crippen molar-refractivity contribution in [1.29, 1.82) is 0 Å². The van der Waals surface area contributed by atoms with Crippen LogP contribution in [0.2, 0.25) is 0 Å². The average molecular weight is 507 g/mol. The molecule has 3 aromatic heterocycles. The highest BCUT2D eigenvalue weighted by Gasteiger charge is 2.19. The number of piperidine rings is 1. The molecule has 4 heterocycles. The van der Waals surface area contributed by atoms with Gasteiger partial charge in [-0.1, -0.05) is 42.5 Å². The van der Waals surface area contributed by atoms with Gasteiger partial charge < -0.3 is 19.9 Å². The van der Waals surface area contributed by atoms with Crippen LogP contribution < -0.4 is 10.1 Å². The predicted molar refractivity (Wildman–Crippen MR) is 148 cm³/mol. The Balaban J connectivity index is 1.18. The number of aromatic amines is 1. The van der Waals surface area contributed by atoms with Crippen LogP contribution in [0.1, 0.15) is 28.8 Å². The summed E-state index contributed by atoms with van der Waals surface area (Å²) in [5, 5.41) is 8.21. The number of nitrogens with zero attached hydrogens (tertiary/aromatic N) is 4. The Morgan fingerprint density at radius 1 is 1.11 bits per heavy atom. The lowest BCUT2D eigenvalue weighted by Crippen LogP contribution is -2.38. The van der Waals surface area contributed by atoms with E-state index in [2.05, 4.69) is 44.5 Å². The van der Waals surface area contributed by atoms with E-state index in [0.29, 0.717) is 23.4 Å². The van der Waals surface area contributed by atoms with Crippen LogP contribution in [0.5, 0.6) is 5.75 Å². The van der Waals surface area contributed by atoms with Crippen molar-refractivity contribution in [2.75, 3.05) is 25.5 Å². The molecule has 2 aromatic carbocycles. The maximum Gasteiger partial charge on any atom is 0.258 e. The van der Waals surface area contributed by atoms with Gasteiger partial charge in [-0.2, -0.15) is 5.10 Å². The van der Waals surface area contributed by atoms with Crippen LogP contribution in [0.3, 0.4) is 0 Å². The highest BCUT2D eigenvalue weighted by molar-refractivity contribution is 6.08. The SMILES string of the molecule is CN1CCCC(Oc2cccc(-c3cnc4[nH]cc(NC(=O)c5cnn(Cc6ccccc6)c5)c4c3)c2)C1. The molecule has 1 atom stereocenters. The number of likely N-dealkylation sites (N-methyl/N-ethyl adjacent to an activating group) is 1. The van der Waals surface area contributed by atoms with Gasteiger partial charge in [-0.15, -0.1) is 0 Å². The Morgan fingerprint density at radius 3 is 2.87 bits per heavy atom. The van der Waals surface area contributed by atoms with Gasteiger partial charge >= 0.3 is 0 Å². The summed E-state index contributed by atoms with van der Waals surface area (Å²) in [5.41, 5.74) is 4.97. The summed E-state index contributed by atoms with van der Waals surface area (Å²) in [5.74, 6) is 0.640. The number of benzene rings is 2. The average Bonchev–Trinajstić information content (AvgIpc) is 3.56. The number of aromatic nitrogens is 4. The quantitative estimate of drug-likeness (QED) is 0.317. The molecule has 8 heteroatoms. The van der Waals surface area contributed by atoms with Gasteiger partial charge in [-0.05, 0) is 55.8 Å². The first-order chi connectivity index (χ1) is 18.6. The molecule has 1 saturated heterocycles. The van der Waals surface area contributed by atoms with E-state index in [4.69, 9.17) is 4.74 Å². The lowest BCUT2D eigenvalue weighted by molar-refractivity contribution is 0.102. The Labute approximate surface area is 221 Å². The number of hydrogen-bond acceptors (Lipinski definition) is 5. The molecule has 38 heavy (non-hydrogen) atoms. The van der Waals surface area contributed by atoms with Crippen LogP contribution >= 0.6 is 0 Å². The molecule has 0 radical (unpaired) electrons. The van der Waals surface area contributed by atoms with E-state index < -0.39 is 0 Å². The zero-order valence-corrected chi connectivity index (χ0v) is 21.3. The molecule has 5 aromatic rings. The predicted octanol–water partition coefficient (Wildman–Crippen LogP) is 5.20. The Bertz CT molecular complexity index is 1560. The normalized spacial score (nSPS) is 16.0. The zero-order valence-electron chi connectivity index (χ0n) is 21.3. The topological polar surface area (TPSA) is 88.1 Å². The third-order valence-corrected chi connectivity index (χ3v) is 6.91. The van der Waals surface area contributed by atoms with Crippen molar-refractivity contribution in [2.24, 2.45) is 0 Å². The van der Waals surface area contributed by atoms with Crippen LogP contribution in [0.15, 0.2) is 85.5 Å². The van der Waals surface area contributed by atoms with Crippen LogP contribution in [0.4, 0.5) is 5.69 Å². The number of nitrogens with one attached hydrogen (secondary N) is 2. The van der Waals surface area contributed by atoms with Crippen LogP contribution in [0, 0.1) is 0 Å². The van der Waals surface area contributed by atoms with Crippen LogP contribution in [-0.4, -0.2) is 56.8 Å². The molecule has 1 unspecified atom stereocenters. The lowest BCUT2D eigenvalue weighted by atomic mass is 10.1. The minimum absolute atomic E-state index is 0.202. The summed E-state index contributed by atoms with van der Waals surface area (Å²) in [7, 11) is 2.14. The maximum atomic E-state index is 13.0. The molecule has 1 aliphatic rings. The summed E-state index contributed by atoms with van der Waals surface area (Å²) in [6.45, 7) is 2.67. The van der Waals surface area contributed by atoms with Crippen molar-refractivity contribution in [3.05, 3.63) is 96.6 Å². The summed E-state index contributed by atoms with van der Waals surface area (Å²) < 4.78 is 8.06. The first-order valence-corrected chi connectivity index (χ1v) is 12.9. The minimum atomic E-state index is -0.219. The molecule has 0 saturated carbocycles. The minimum Gasteiger partial charge on any atom is -0.489 e. The number of H-pyrrole nitrogens is 1. The largest absolute Gasteiger partial charge is 0.489 e. The number of carbonyl (C=O) groups excluding carboxylic acids is 1. The molecule has 1 amide bonds. The standard InChI is InChI=1S/C30H30N6O2/c1-35-12-6-11-26(20-35)38-25-10-5-9-22(13-25)23-14-27-28(17-32-29(27)31-15-23)34-30(37)24-16-33-36(19-24)18-21-7-3-2-4-8-21/h2-5,7-10,13-17,19,26H,6,11-12,18,20H2,1H3,(H,31,32)(H,34,37). The van der Waals surface area contributed by atoms with Crippen molar-refractivity contribution in [1.82, 2.24) is 24.6 Å². The number of ether oxygens (including phenoxy) is 1. The van der Waals surface area contributed by atoms with Crippen LogP contribution in [-0.2, 0) is 6.54 Å². The van der Waals surface area contributed by atoms with Gasteiger partial charge in [-0.3, -0.25) is 9.48 Å². The molecular weight excluding hydrogens is 476 g/mol. The first-order valence-electron chi connectivity index (χ1n) is 12.9. The van der Waals surface area contributed by atoms with Gasteiger partial charge in [-0.25, -0.2) is 4.98 Å². The molecule has 6 rings (SSSR count). The van der Waals surface area contributed by atoms with Crippen molar-refractivity contribution in [2.45, 2.75) is 25.5 Å². The number of anilines is 1. The number of hydrogen-bond donors (Lipinski definition) is 2. The number of fused-ring (bicyclic) bond motifs is 1. The van der Waals surface area contributed by atoms with Crippen LogP contribution in [0.25, 0.3) is 22.2 Å². The molecule has 2 N–H and O–H groups in total. The van der Waals surface area contributed by atoms with Gasteiger partial charge in [0.25, 0.3) is 5.91 Å². The fourth-order valence-electron chi connectivity index (χ4n) is 4.95. The smallest absolute Gasteiger partial charge is 0.258 e. The van der Waals surface area contributed by atoms with E-state index in [1.54, 1.807) is 23.3 Å².